The van der Waals surface area contributed by atoms with Crippen LogP contribution >= 0.6 is 0 Å². The lowest BCUT2D eigenvalue weighted by Gasteiger charge is -2.24. The van der Waals surface area contributed by atoms with Gasteiger partial charge in [-0.15, -0.1) is 0 Å². The third kappa shape index (κ3) is 4.28. The number of carbonyl (C=O) groups excluding carboxylic acids is 3. The van der Waals surface area contributed by atoms with Gasteiger partial charge in [0.25, 0.3) is 0 Å². The molecule has 0 amide bonds. The molecule has 0 aliphatic heterocycles. The molecule has 2 aromatic carbocycles. The summed E-state index contributed by atoms with van der Waals surface area (Å²) < 4.78 is 5.48. The standard InChI is InChI=1S/C26H24O9/c1-5-6-7-8-17(27)14-9-15-19(12(3)21(14)28)22(29)16-10-18(35-13(4)11(2)26(33)34)24(31)25(32)20(16)23(15)30/h5-11,13,28,31-32H,1-4H3,(H,33,34). The summed E-state index contributed by atoms with van der Waals surface area (Å²) in [6, 6.07) is 2.13. The second-order valence-corrected chi connectivity index (χ2v) is 8.17. The third-order valence-corrected chi connectivity index (χ3v) is 5.95. The molecule has 0 heterocycles. The Balaban J connectivity index is 2.16. The van der Waals surface area contributed by atoms with Crippen molar-refractivity contribution in [2.75, 3.05) is 0 Å². The zero-order valence-corrected chi connectivity index (χ0v) is 19.4. The van der Waals surface area contributed by atoms with E-state index in [1.807, 2.05) is 0 Å². The summed E-state index contributed by atoms with van der Waals surface area (Å²) in [5, 5.41) is 40.8. The van der Waals surface area contributed by atoms with Crippen LogP contribution in [0.15, 0.2) is 36.4 Å². The molecule has 0 aromatic heterocycles. The van der Waals surface area contributed by atoms with Crippen molar-refractivity contribution in [3.63, 3.8) is 0 Å². The summed E-state index contributed by atoms with van der Waals surface area (Å²) in [6.45, 7) is 5.95. The van der Waals surface area contributed by atoms with Crippen LogP contribution in [0.2, 0.25) is 0 Å². The second kappa shape index (κ2) is 9.46. The van der Waals surface area contributed by atoms with Crippen LogP contribution in [0.1, 0.15) is 68.5 Å². The van der Waals surface area contributed by atoms with Gasteiger partial charge in [0.2, 0.25) is 5.75 Å². The monoisotopic (exact) mass is 480 g/mol. The maximum Gasteiger partial charge on any atom is 0.309 e. The molecule has 0 saturated carbocycles. The molecule has 4 N–H and O–H groups in total. The van der Waals surface area contributed by atoms with Crippen molar-refractivity contribution in [2.45, 2.75) is 33.8 Å². The van der Waals surface area contributed by atoms with Crippen LogP contribution in [-0.2, 0) is 4.79 Å². The molecule has 1 aliphatic rings. The second-order valence-electron chi connectivity index (χ2n) is 8.17. The number of allylic oxidation sites excluding steroid dienone is 4. The van der Waals surface area contributed by atoms with Gasteiger partial charge in [-0.3, -0.25) is 19.2 Å². The first-order valence-corrected chi connectivity index (χ1v) is 10.7. The molecule has 0 fully saturated rings. The van der Waals surface area contributed by atoms with Gasteiger partial charge in [0.1, 0.15) is 11.9 Å². The Morgan fingerprint density at radius 1 is 0.914 bits per heavy atom. The molecule has 0 radical (unpaired) electrons. The van der Waals surface area contributed by atoms with Gasteiger partial charge in [-0.25, -0.2) is 0 Å². The zero-order chi connectivity index (χ0) is 26.2. The minimum Gasteiger partial charge on any atom is -0.507 e. The molecular formula is C26H24O9. The van der Waals surface area contributed by atoms with Crippen LogP contribution in [0.3, 0.4) is 0 Å². The van der Waals surface area contributed by atoms with E-state index in [2.05, 4.69) is 0 Å². The number of hydrogen-bond acceptors (Lipinski definition) is 8. The number of aromatic hydroxyl groups is 3. The molecule has 35 heavy (non-hydrogen) atoms. The maximum atomic E-state index is 13.3. The summed E-state index contributed by atoms with van der Waals surface area (Å²) in [7, 11) is 0. The normalized spacial score (nSPS) is 14.6. The van der Waals surface area contributed by atoms with E-state index in [0.717, 1.165) is 12.1 Å². The largest absolute Gasteiger partial charge is 0.507 e. The summed E-state index contributed by atoms with van der Waals surface area (Å²) in [5.74, 6) is -6.92. The van der Waals surface area contributed by atoms with Crippen LogP contribution in [0.4, 0.5) is 0 Å². The van der Waals surface area contributed by atoms with E-state index >= 15 is 0 Å². The van der Waals surface area contributed by atoms with Gasteiger partial charge in [0.15, 0.2) is 28.8 Å². The molecule has 2 atom stereocenters. The van der Waals surface area contributed by atoms with Gasteiger partial charge in [0.05, 0.1) is 17.0 Å². The lowest BCUT2D eigenvalue weighted by atomic mass is 9.79. The van der Waals surface area contributed by atoms with E-state index < -0.39 is 58.2 Å². The van der Waals surface area contributed by atoms with E-state index in [1.165, 1.54) is 32.9 Å². The van der Waals surface area contributed by atoms with Crippen molar-refractivity contribution >= 4 is 23.3 Å². The fourth-order valence-corrected chi connectivity index (χ4v) is 3.72. The fraction of sp³-hybridized carbons (Fsp3) is 0.231. The molecule has 2 aromatic rings. The lowest BCUT2D eigenvalue weighted by molar-refractivity contribution is -0.143. The van der Waals surface area contributed by atoms with Crippen LogP contribution in [0, 0.1) is 12.8 Å². The number of benzene rings is 2. The summed E-state index contributed by atoms with van der Waals surface area (Å²) in [5.41, 5.74) is -1.35. The molecule has 0 bridgehead atoms. The highest BCUT2D eigenvalue weighted by Gasteiger charge is 2.38. The Kier molecular flexibility index (Phi) is 6.82. The number of aliphatic carboxylic acids is 1. The lowest BCUT2D eigenvalue weighted by Crippen LogP contribution is -2.28. The SMILES string of the molecule is CC=CC=CC(=O)c1cc2c(c(C)c1O)C(=O)c1cc(OC(C)C(C)C(=O)O)c(O)c(O)c1C2=O. The van der Waals surface area contributed by atoms with Gasteiger partial charge >= 0.3 is 5.97 Å². The number of carbonyl (C=O) groups is 4. The average molecular weight is 480 g/mol. The van der Waals surface area contributed by atoms with E-state index in [4.69, 9.17) is 9.84 Å². The highest BCUT2D eigenvalue weighted by atomic mass is 16.5. The van der Waals surface area contributed by atoms with Crippen molar-refractivity contribution in [1.82, 2.24) is 0 Å². The highest BCUT2D eigenvalue weighted by Crippen LogP contribution is 2.46. The predicted molar refractivity (Wildman–Crippen MR) is 125 cm³/mol. The Morgan fingerprint density at radius 2 is 1.51 bits per heavy atom. The number of fused-ring (bicyclic) bond motifs is 2. The van der Waals surface area contributed by atoms with Crippen LogP contribution < -0.4 is 4.74 Å². The van der Waals surface area contributed by atoms with Gasteiger partial charge in [-0.1, -0.05) is 18.2 Å². The van der Waals surface area contributed by atoms with Crippen LogP contribution in [-0.4, -0.2) is 49.8 Å². The zero-order valence-electron chi connectivity index (χ0n) is 19.4. The van der Waals surface area contributed by atoms with Gasteiger partial charge in [0, 0.05) is 22.3 Å². The number of ether oxygens (including phenoxy) is 1. The van der Waals surface area contributed by atoms with E-state index in [1.54, 1.807) is 19.1 Å². The maximum absolute atomic E-state index is 13.3. The highest BCUT2D eigenvalue weighted by molar-refractivity contribution is 6.31. The average Bonchev–Trinajstić information content (AvgIpc) is 2.81. The number of carboxylic acid groups (broad SMARTS) is 1. The Labute approximate surface area is 200 Å². The first kappa shape index (κ1) is 25.2. The quantitative estimate of drug-likeness (QED) is 0.171. The summed E-state index contributed by atoms with van der Waals surface area (Å²) in [4.78, 5) is 50.4. The number of carboxylic acids is 1. The Hall–Kier alpha value is -4.40. The fourth-order valence-electron chi connectivity index (χ4n) is 3.72. The summed E-state index contributed by atoms with van der Waals surface area (Å²) in [6.07, 6.45) is 4.99. The Bertz CT molecular complexity index is 1330. The van der Waals surface area contributed by atoms with Crippen molar-refractivity contribution in [2.24, 2.45) is 5.92 Å². The Morgan fingerprint density at radius 3 is 2.11 bits per heavy atom. The molecule has 0 spiro atoms. The molecule has 2 unspecified atom stereocenters. The molecule has 182 valence electrons. The predicted octanol–water partition coefficient (Wildman–Crippen LogP) is 3.69. The molecule has 9 heteroatoms. The van der Waals surface area contributed by atoms with E-state index in [0.29, 0.717) is 0 Å². The minimum atomic E-state index is -1.16. The van der Waals surface area contributed by atoms with Crippen molar-refractivity contribution in [3.8, 4) is 23.0 Å². The number of phenolic OH excluding ortho intramolecular Hbond substituents is 3. The van der Waals surface area contributed by atoms with Crippen molar-refractivity contribution in [3.05, 3.63) is 69.8 Å². The number of rotatable bonds is 7. The smallest absolute Gasteiger partial charge is 0.309 e. The van der Waals surface area contributed by atoms with E-state index in [-0.39, 0.29) is 33.6 Å². The number of ketones is 3. The molecular weight excluding hydrogens is 456 g/mol. The first-order valence-electron chi connectivity index (χ1n) is 10.7. The first-order chi connectivity index (χ1) is 16.4. The van der Waals surface area contributed by atoms with Crippen LogP contribution in [0.5, 0.6) is 23.0 Å². The minimum absolute atomic E-state index is 0.00261. The number of phenols is 3. The van der Waals surface area contributed by atoms with Crippen molar-refractivity contribution < 1.29 is 44.3 Å². The number of hydrogen-bond donors (Lipinski definition) is 4. The van der Waals surface area contributed by atoms with Gasteiger partial charge in [-0.05, 0) is 45.9 Å². The topological polar surface area (TPSA) is 158 Å². The van der Waals surface area contributed by atoms with Crippen LogP contribution in [0.25, 0.3) is 0 Å². The van der Waals surface area contributed by atoms with Gasteiger partial charge in [-0.2, -0.15) is 0 Å². The van der Waals surface area contributed by atoms with E-state index in [9.17, 15) is 34.5 Å². The molecule has 0 saturated heterocycles. The molecule has 3 rings (SSSR count). The molecule has 9 nitrogen and oxygen atoms in total. The van der Waals surface area contributed by atoms with Crippen molar-refractivity contribution in [1.29, 1.82) is 0 Å². The third-order valence-electron chi connectivity index (χ3n) is 5.95. The summed E-state index contributed by atoms with van der Waals surface area (Å²) >= 11 is 0. The van der Waals surface area contributed by atoms with Gasteiger partial charge < -0.3 is 25.2 Å². The molecule has 1 aliphatic carbocycles.